The van der Waals surface area contributed by atoms with Crippen LogP contribution in [0.3, 0.4) is 0 Å². The number of imidazole rings is 1. The van der Waals surface area contributed by atoms with E-state index in [1.165, 1.54) is 6.07 Å². The van der Waals surface area contributed by atoms with Crippen LogP contribution in [-0.4, -0.2) is 28.2 Å². The van der Waals surface area contributed by atoms with Gasteiger partial charge < -0.3 is 19.6 Å². The number of fused-ring (bicyclic) bond motifs is 1. The number of carbonyl (C=O) groups is 1. The first-order valence-corrected chi connectivity index (χ1v) is 9.68. The predicted octanol–water partition coefficient (Wildman–Crippen LogP) is 5.42. The van der Waals surface area contributed by atoms with Crippen LogP contribution in [0.1, 0.15) is 27.0 Å². The zero-order chi connectivity index (χ0) is 22.0. The molecule has 0 amide bonds. The van der Waals surface area contributed by atoms with Crippen molar-refractivity contribution in [2.45, 2.75) is 6.92 Å². The van der Waals surface area contributed by atoms with Gasteiger partial charge in [-0.3, -0.25) is 0 Å². The molecule has 0 aliphatic carbocycles. The summed E-state index contributed by atoms with van der Waals surface area (Å²) in [6.45, 7) is 1.73. The number of nitrogens with zero attached hydrogens (tertiary/aromatic N) is 1. The van der Waals surface area contributed by atoms with Crippen LogP contribution in [0.4, 0.5) is 0 Å². The second-order valence-corrected chi connectivity index (χ2v) is 7.16. The smallest absolute Gasteiger partial charge is 0.336 e. The first-order valence-electron chi connectivity index (χ1n) is 9.30. The summed E-state index contributed by atoms with van der Waals surface area (Å²) in [6.07, 6.45) is 0. The molecule has 0 unspecified atom stereocenters. The maximum absolute atomic E-state index is 11.3. The Hall–Kier alpha value is -3.95. The molecule has 0 saturated carbocycles. The molecular weight excluding hydrogens is 416 g/mol. The molecule has 0 atom stereocenters. The van der Waals surface area contributed by atoms with Crippen molar-refractivity contribution in [3.63, 3.8) is 0 Å². The summed E-state index contributed by atoms with van der Waals surface area (Å²) in [5.41, 5.74) is 3.59. The Balaban J connectivity index is 1.61. The van der Waals surface area contributed by atoms with Crippen molar-refractivity contribution >= 4 is 28.6 Å². The highest BCUT2D eigenvalue weighted by Crippen LogP contribution is 2.27. The van der Waals surface area contributed by atoms with Crippen LogP contribution in [0.5, 0.6) is 17.5 Å². The average molecular weight is 433 g/mol. The molecule has 1 aromatic heterocycles. The maximum Gasteiger partial charge on any atom is 0.336 e. The lowest BCUT2D eigenvalue weighted by Crippen LogP contribution is -2.00. The van der Waals surface area contributed by atoms with Crippen molar-refractivity contribution < 1.29 is 19.4 Å². The van der Waals surface area contributed by atoms with Gasteiger partial charge in [0.15, 0.2) is 0 Å². The highest BCUT2D eigenvalue weighted by Gasteiger charge is 2.12. The summed E-state index contributed by atoms with van der Waals surface area (Å²) in [5, 5.41) is 9.76. The lowest BCUT2D eigenvalue weighted by Gasteiger charge is -2.05. The van der Waals surface area contributed by atoms with Crippen molar-refractivity contribution in [2.75, 3.05) is 7.11 Å². The highest BCUT2D eigenvalue weighted by molar-refractivity contribution is 6.32. The number of hydrogen-bond acceptors (Lipinski definition) is 4. The Bertz CT molecular complexity index is 1350. The van der Waals surface area contributed by atoms with Crippen molar-refractivity contribution in [2.24, 2.45) is 0 Å². The van der Waals surface area contributed by atoms with E-state index >= 15 is 0 Å². The average Bonchev–Trinajstić information content (AvgIpc) is 3.14. The molecule has 0 aliphatic rings. The number of rotatable bonds is 4. The molecule has 31 heavy (non-hydrogen) atoms. The third-order valence-electron chi connectivity index (χ3n) is 4.63. The third kappa shape index (κ3) is 4.47. The van der Waals surface area contributed by atoms with Crippen LogP contribution in [0, 0.1) is 18.8 Å². The molecule has 0 radical (unpaired) electrons. The van der Waals surface area contributed by atoms with Crippen LogP contribution in [-0.2, 0) is 0 Å². The Morgan fingerprint density at radius 3 is 2.52 bits per heavy atom. The van der Waals surface area contributed by atoms with E-state index in [1.807, 2.05) is 24.3 Å². The number of H-pyrrole nitrogens is 1. The molecule has 6 nitrogen and oxygen atoms in total. The number of ether oxygens (including phenoxy) is 2. The first-order chi connectivity index (χ1) is 14.9. The molecule has 7 heteroatoms. The van der Waals surface area contributed by atoms with Crippen molar-refractivity contribution in [1.82, 2.24) is 9.97 Å². The maximum atomic E-state index is 11.3. The number of hydrogen-bond donors (Lipinski definition) is 2. The molecule has 0 fully saturated rings. The van der Waals surface area contributed by atoms with Crippen LogP contribution < -0.4 is 9.47 Å². The second kappa shape index (κ2) is 8.42. The Morgan fingerprint density at radius 1 is 1.06 bits per heavy atom. The predicted molar refractivity (Wildman–Crippen MR) is 118 cm³/mol. The van der Waals surface area contributed by atoms with Gasteiger partial charge in [0, 0.05) is 11.1 Å². The lowest BCUT2D eigenvalue weighted by atomic mass is 10.1. The largest absolute Gasteiger partial charge is 0.497 e. The van der Waals surface area contributed by atoms with Gasteiger partial charge in [0.25, 0.3) is 6.01 Å². The van der Waals surface area contributed by atoms with Gasteiger partial charge in [-0.05, 0) is 61.0 Å². The molecule has 1 heterocycles. The number of aromatic carboxylic acids is 1. The van der Waals surface area contributed by atoms with Gasteiger partial charge in [-0.2, -0.15) is 4.98 Å². The van der Waals surface area contributed by atoms with Gasteiger partial charge >= 0.3 is 5.97 Å². The first kappa shape index (κ1) is 20.3. The number of carboxylic acids is 1. The van der Waals surface area contributed by atoms with E-state index in [2.05, 4.69) is 21.8 Å². The molecule has 4 rings (SSSR count). The number of benzene rings is 3. The van der Waals surface area contributed by atoms with Gasteiger partial charge in [-0.15, -0.1) is 0 Å². The van der Waals surface area contributed by atoms with E-state index in [1.54, 1.807) is 38.3 Å². The Morgan fingerprint density at radius 2 is 1.81 bits per heavy atom. The minimum Gasteiger partial charge on any atom is -0.497 e. The number of halogens is 1. The van der Waals surface area contributed by atoms with Gasteiger partial charge in [0.2, 0.25) is 0 Å². The molecule has 3 aromatic carbocycles. The molecule has 4 aromatic rings. The van der Waals surface area contributed by atoms with E-state index in [-0.39, 0.29) is 11.6 Å². The molecule has 0 spiro atoms. The second-order valence-electron chi connectivity index (χ2n) is 6.75. The van der Waals surface area contributed by atoms with Gasteiger partial charge in [0.1, 0.15) is 11.5 Å². The van der Waals surface area contributed by atoms with Crippen LogP contribution in [0.2, 0.25) is 5.02 Å². The topological polar surface area (TPSA) is 84.4 Å². The summed E-state index contributed by atoms with van der Waals surface area (Å²) in [4.78, 5) is 18.8. The van der Waals surface area contributed by atoms with E-state index in [9.17, 15) is 9.90 Å². The number of methoxy groups -OCH3 is 1. The van der Waals surface area contributed by atoms with Gasteiger partial charge in [-0.1, -0.05) is 29.5 Å². The summed E-state index contributed by atoms with van der Waals surface area (Å²) >= 11 is 6.38. The minimum atomic E-state index is -1.01. The van der Waals surface area contributed by atoms with Gasteiger partial charge in [0.05, 0.1) is 28.7 Å². The Labute approximate surface area is 183 Å². The molecular formula is C24H17ClN2O4. The van der Waals surface area contributed by atoms with Crippen LogP contribution in [0.15, 0.2) is 54.6 Å². The van der Waals surface area contributed by atoms with E-state index in [4.69, 9.17) is 21.1 Å². The molecule has 2 N–H and O–H groups in total. The summed E-state index contributed by atoms with van der Waals surface area (Å²) in [5.74, 6) is 6.25. The minimum absolute atomic E-state index is 0.174. The fourth-order valence-electron chi connectivity index (χ4n) is 2.97. The number of aryl methyl sites for hydroxylation is 1. The van der Waals surface area contributed by atoms with E-state index < -0.39 is 5.97 Å². The molecule has 0 saturated heterocycles. The summed E-state index contributed by atoms with van der Waals surface area (Å²) in [7, 11) is 1.61. The monoisotopic (exact) mass is 432 g/mol. The fraction of sp³-hybridized carbons (Fsp3) is 0.0833. The zero-order valence-electron chi connectivity index (χ0n) is 16.7. The quantitative estimate of drug-likeness (QED) is 0.420. The SMILES string of the molecule is COc1ccc(C#Cc2cc3nc(Oc4ccc(C)c(C(=O)O)c4)[nH]c3cc2Cl)cc1. The number of carboxylic acid groups (broad SMARTS) is 1. The molecule has 0 aliphatic heterocycles. The third-order valence-corrected chi connectivity index (χ3v) is 4.95. The number of nitrogens with one attached hydrogen (secondary N) is 1. The molecule has 0 bridgehead atoms. The van der Waals surface area contributed by atoms with Crippen molar-refractivity contribution in [3.8, 4) is 29.4 Å². The summed E-state index contributed by atoms with van der Waals surface area (Å²) < 4.78 is 10.9. The highest BCUT2D eigenvalue weighted by atomic mass is 35.5. The van der Waals surface area contributed by atoms with E-state index in [0.717, 1.165) is 11.3 Å². The summed E-state index contributed by atoms with van der Waals surface area (Å²) in [6, 6.07) is 16.0. The van der Waals surface area contributed by atoms with E-state index in [0.29, 0.717) is 32.9 Å². The van der Waals surface area contributed by atoms with Crippen LogP contribution >= 0.6 is 11.6 Å². The standard InChI is InChI=1S/C24H17ClN2O4/c1-14-3-8-18(12-19(14)23(28)29)31-24-26-21-11-16(20(25)13-22(21)27-24)7-4-15-5-9-17(30-2)10-6-15/h3,5-6,8-13H,1-2H3,(H,26,27)(H,28,29). The normalized spacial score (nSPS) is 10.4. The number of aromatic nitrogens is 2. The van der Waals surface area contributed by atoms with Crippen molar-refractivity contribution in [3.05, 3.63) is 81.9 Å². The number of aromatic amines is 1. The lowest BCUT2D eigenvalue weighted by molar-refractivity contribution is 0.0695. The fourth-order valence-corrected chi connectivity index (χ4v) is 3.18. The molecule has 154 valence electrons. The van der Waals surface area contributed by atoms with Gasteiger partial charge in [-0.25, -0.2) is 4.79 Å². The Kier molecular flexibility index (Phi) is 5.52. The van der Waals surface area contributed by atoms with Crippen LogP contribution in [0.25, 0.3) is 11.0 Å². The van der Waals surface area contributed by atoms with Crippen molar-refractivity contribution in [1.29, 1.82) is 0 Å². The zero-order valence-corrected chi connectivity index (χ0v) is 17.4.